The van der Waals surface area contributed by atoms with Crippen molar-refractivity contribution in [3.63, 3.8) is 0 Å². The molecule has 0 aliphatic heterocycles. The maximum Gasteiger partial charge on any atom is 0.363 e. The molecule has 22 heavy (non-hydrogen) atoms. The first-order valence-electron chi connectivity index (χ1n) is 6.47. The Labute approximate surface area is 146 Å². The Morgan fingerprint density at radius 1 is 1.23 bits per heavy atom. The van der Waals surface area contributed by atoms with Crippen molar-refractivity contribution in [1.29, 1.82) is 0 Å². The smallest absolute Gasteiger partial charge is 0.363 e. The zero-order valence-electron chi connectivity index (χ0n) is 12.8. The highest BCUT2D eigenvalue weighted by Gasteiger charge is 2.41. The molecule has 7 heteroatoms. The van der Waals surface area contributed by atoms with E-state index in [1.54, 1.807) is 39.0 Å². The molecule has 1 atom stereocenters. The van der Waals surface area contributed by atoms with Gasteiger partial charge in [-0.1, -0.05) is 22.0 Å². The van der Waals surface area contributed by atoms with E-state index in [1.165, 1.54) is 13.2 Å². The van der Waals surface area contributed by atoms with Crippen molar-refractivity contribution in [3.05, 3.63) is 29.8 Å². The van der Waals surface area contributed by atoms with Gasteiger partial charge >= 0.3 is 11.9 Å². The van der Waals surface area contributed by atoms with E-state index in [0.717, 1.165) is 0 Å². The van der Waals surface area contributed by atoms with E-state index in [9.17, 15) is 9.59 Å². The molecule has 0 heterocycles. The maximum absolute atomic E-state index is 12.3. The van der Waals surface area contributed by atoms with E-state index in [4.69, 9.17) is 9.47 Å². The van der Waals surface area contributed by atoms with Gasteiger partial charge < -0.3 is 14.2 Å². The van der Waals surface area contributed by atoms with E-state index in [2.05, 4.69) is 36.6 Å². The second-order valence-electron chi connectivity index (χ2n) is 5.49. The van der Waals surface area contributed by atoms with Crippen LogP contribution in [0, 0.1) is 0 Å². The number of benzene rings is 1. The van der Waals surface area contributed by atoms with Crippen LogP contribution in [0.1, 0.15) is 31.1 Å². The van der Waals surface area contributed by atoms with Gasteiger partial charge in [0.2, 0.25) is 0 Å². The summed E-state index contributed by atoms with van der Waals surface area (Å²) in [6.07, 6.45) is 0. The van der Waals surface area contributed by atoms with E-state index in [1.807, 2.05) is 0 Å². The van der Waals surface area contributed by atoms with Crippen LogP contribution in [0.25, 0.3) is 0 Å². The largest absolute Gasteiger partial charge is 0.465 e. The van der Waals surface area contributed by atoms with Crippen LogP contribution < -0.4 is 4.74 Å². The van der Waals surface area contributed by atoms with E-state index in [-0.39, 0.29) is 5.33 Å². The van der Waals surface area contributed by atoms with Gasteiger partial charge in [0, 0.05) is 0 Å². The van der Waals surface area contributed by atoms with Crippen molar-refractivity contribution in [2.75, 3.05) is 12.4 Å². The number of hydrogen-bond donors (Lipinski definition) is 0. The van der Waals surface area contributed by atoms with Crippen LogP contribution in [-0.2, 0) is 14.3 Å². The molecule has 0 aliphatic carbocycles. The van der Waals surface area contributed by atoms with E-state index < -0.39 is 22.0 Å². The van der Waals surface area contributed by atoms with Crippen LogP contribution >= 0.6 is 31.9 Å². The molecule has 0 N–H and O–H groups in total. The number of alkyl halides is 2. The summed E-state index contributed by atoms with van der Waals surface area (Å²) in [6.45, 7) is 5.30. The van der Waals surface area contributed by atoms with Gasteiger partial charge in [0.05, 0.1) is 18.0 Å². The SMILES string of the molecule is COC(=O)c1cccc(OC(Br)(CBr)C(=O)OC(C)(C)C)c1. The third-order valence-corrected chi connectivity index (χ3v) is 4.72. The molecule has 1 aromatic rings. The van der Waals surface area contributed by atoms with Gasteiger partial charge in [-0.05, 0) is 54.9 Å². The second-order valence-corrected chi connectivity index (χ2v) is 7.33. The summed E-state index contributed by atoms with van der Waals surface area (Å²) in [6, 6.07) is 6.36. The van der Waals surface area contributed by atoms with Gasteiger partial charge in [-0.2, -0.15) is 0 Å². The molecule has 0 aliphatic rings. The lowest BCUT2D eigenvalue weighted by atomic mass is 10.2. The third kappa shape index (κ3) is 5.28. The summed E-state index contributed by atoms with van der Waals surface area (Å²) in [5.41, 5.74) is -0.316. The standard InChI is InChI=1S/C15H18Br2O5/c1-14(2,3)22-13(19)15(17,9-16)21-11-7-5-6-10(8-11)12(18)20-4/h5-8H,9H2,1-4H3. The molecule has 0 spiro atoms. The summed E-state index contributed by atoms with van der Waals surface area (Å²) < 4.78 is 14.3. The number of methoxy groups -OCH3 is 1. The Bertz CT molecular complexity index is 553. The van der Waals surface area contributed by atoms with E-state index in [0.29, 0.717) is 11.3 Å². The minimum absolute atomic E-state index is 0.164. The minimum atomic E-state index is -1.39. The molecule has 0 fully saturated rings. The summed E-state index contributed by atoms with van der Waals surface area (Å²) >= 11 is 6.49. The highest BCUT2D eigenvalue weighted by Crippen LogP contribution is 2.30. The van der Waals surface area contributed by atoms with Gasteiger partial charge in [0.25, 0.3) is 4.51 Å². The number of hydrogen-bond acceptors (Lipinski definition) is 5. The maximum atomic E-state index is 12.3. The number of ether oxygens (including phenoxy) is 3. The molecule has 1 aromatic carbocycles. The molecule has 0 bridgehead atoms. The number of esters is 2. The van der Waals surface area contributed by atoms with Crippen LogP contribution in [0.2, 0.25) is 0 Å². The van der Waals surface area contributed by atoms with Crippen molar-refractivity contribution in [1.82, 2.24) is 0 Å². The minimum Gasteiger partial charge on any atom is -0.465 e. The number of carbonyl (C=O) groups excluding carboxylic acids is 2. The van der Waals surface area contributed by atoms with Crippen LogP contribution in [0.3, 0.4) is 0 Å². The van der Waals surface area contributed by atoms with Gasteiger partial charge in [0.15, 0.2) is 0 Å². The van der Waals surface area contributed by atoms with Crippen LogP contribution in [0.5, 0.6) is 5.75 Å². The van der Waals surface area contributed by atoms with Crippen LogP contribution in [0.15, 0.2) is 24.3 Å². The van der Waals surface area contributed by atoms with Crippen molar-refractivity contribution in [2.24, 2.45) is 0 Å². The molecule has 1 rings (SSSR count). The summed E-state index contributed by atoms with van der Waals surface area (Å²) in [5.74, 6) is -0.716. The highest BCUT2D eigenvalue weighted by atomic mass is 79.9. The fourth-order valence-electron chi connectivity index (χ4n) is 1.47. The lowest BCUT2D eigenvalue weighted by Crippen LogP contribution is -2.44. The Hall–Kier alpha value is -1.08. The topological polar surface area (TPSA) is 61.8 Å². The Kier molecular flexibility index (Phi) is 6.43. The lowest BCUT2D eigenvalue weighted by molar-refractivity contribution is -0.164. The first-order chi connectivity index (χ1) is 10.1. The molecule has 0 aromatic heterocycles. The van der Waals surface area contributed by atoms with Crippen LogP contribution in [-0.4, -0.2) is 34.5 Å². The van der Waals surface area contributed by atoms with Gasteiger partial charge in [0.1, 0.15) is 11.4 Å². The van der Waals surface area contributed by atoms with Crippen molar-refractivity contribution >= 4 is 43.8 Å². The predicted octanol–water partition coefficient (Wildman–Crippen LogP) is 3.68. The Balaban J connectivity index is 2.98. The zero-order valence-corrected chi connectivity index (χ0v) is 16.0. The normalized spacial score (nSPS) is 13.9. The second kappa shape index (κ2) is 7.46. The molecule has 1 unspecified atom stereocenters. The number of halogens is 2. The molecule has 0 saturated heterocycles. The predicted molar refractivity (Wildman–Crippen MR) is 89.7 cm³/mol. The van der Waals surface area contributed by atoms with Gasteiger partial charge in [-0.3, -0.25) is 0 Å². The molecule has 0 amide bonds. The Morgan fingerprint density at radius 2 is 1.86 bits per heavy atom. The fourth-order valence-corrected chi connectivity index (χ4v) is 2.08. The fraction of sp³-hybridized carbons (Fsp3) is 0.467. The highest BCUT2D eigenvalue weighted by molar-refractivity contribution is 9.12. The average Bonchev–Trinajstić information content (AvgIpc) is 2.44. The quantitative estimate of drug-likeness (QED) is 0.519. The van der Waals surface area contributed by atoms with Crippen LogP contribution in [0.4, 0.5) is 0 Å². The molecule has 0 saturated carbocycles. The Morgan fingerprint density at radius 3 is 2.36 bits per heavy atom. The zero-order chi connectivity index (χ0) is 17.0. The molecule has 5 nitrogen and oxygen atoms in total. The first kappa shape index (κ1) is 19.0. The molecular weight excluding hydrogens is 420 g/mol. The third-order valence-electron chi connectivity index (χ3n) is 2.41. The van der Waals surface area contributed by atoms with Crippen molar-refractivity contribution < 1.29 is 23.8 Å². The van der Waals surface area contributed by atoms with Gasteiger partial charge in [-0.15, -0.1) is 0 Å². The number of carbonyl (C=O) groups is 2. The monoisotopic (exact) mass is 436 g/mol. The summed E-state index contributed by atoms with van der Waals surface area (Å²) in [7, 11) is 1.30. The van der Waals surface area contributed by atoms with E-state index >= 15 is 0 Å². The first-order valence-corrected chi connectivity index (χ1v) is 8.38. The summed E-state index contributed by atoms with van der Waals surface area (Å²) in [4.78, 5) is 23.8. The average molecular weight is 438 g/mol. The van der Waals surface area contributed by atoms with Crippen molar-refractivity contribution in [3.8, 4) is 5.75 Å². The molecule has 0 radical (unpaired) electrons. The number of rotatable bonds is 5. The van der Waals surface area contributed by atoms with Crippen molar-refractivity contribution in [2.45, 2.75) is 30.9 Å². The van der Waals surface area contributed by atoms with Gasteiger partial charge in [-0.25, -0.2) is 9.59 Å². The molecule has 122 valence electrons. The summed E-state index contributed by atoms with van der Waals surface area (Å²) in [5, 5.41) is 0.164. The molecular formula is C15H18Br2O5. The lowest BCUT2D eigenvalue weighted by Gasteiger charge is -2.29.